The standard InChI is InChI=1S/C9H15NO7S2/c1-7(11)10-6-17-9(18)16-5-8(12)3-2-4-19(13,14)15/h2-6H2,1H3,(H,10,11)(H,13,14,15). The Morgan fingerprint density at radius 1 is 1.32 bits per heavy atom. The van der Waals surface area contributed by atoms with Gasteiger partial charge in [0.2, 0.25) is 5.91 Å². The molecule has 0 heterocycles. The third-order valence-corrected chi connectivity index (χ3v) is 2.76. The number of hydrogen-bond acceptors (Lipinski definition) is 7. The van der Waals surface area contributed by atoms with Crippen molar-refractivity contribution in [1.82, 2.24) is 5.32 Å². The Bertz CT molecular complexity index is 432. The molecule has 110 valence electrons. The van der Waals surface area contributed by atoms with E-state index in [1.54, 1.807) is 0 Å². The first-order chi connectivity index (χ1) is 8.70. The van der Waals surface area contributed by atoms with E-state index in [4.69, 9.17) is 14.0 Å². The van der Waals surface area contributed by atoms with Crippen molar-refractivity contribution in [2.24, 2.45) is 0 Å². The molecule has 0 bridgehead atoms. The quantitative estimate of drug-likeness (QED) is 0.354. The minimum Gasteiger partial charge on any atom is -0.449 e. The Balaban J connectivity index is 3.67. The molecule has 2 N–H and O–H groups in total. The van der Waals surface area contributed by atoms with E-state index < -0.39 is 15.9 Å². The first kappa shape index (κ1) is 17.7. The van der Waals surface area contributed by atoms with E-state index in [2.05, 4.69) is 17.5 Å². The summed E-state index contributed by atoms with van der Waals surface area (Å²) in [7, 11) is -4.05. The van der Waals surface area contributed by atoms with Gasteiger partial charge in [0.05, 0.1) is 5.75 Å². The molecule has 0 radical (unpaired) electrons. The number of hydrogen-bond donors (Lipinski definition) is 2. The molecule has 0 aliphatic carbocycles. The minimum atomic E-state index is -4.05. The van der Waals surface area contributed by atoms with Crippen LogP contribution in [0.25, 0.3) is 0 Å². The van der Waals surface area contributed by atoms with E-state index in [-0.39, 0.29) is 43.1 Å². The molecule has 19 heavy (non-hydrogen) atoms. The fraction of sp³-hybridized carbons (Fsp3) is 0.667. The lowest BCUT2D eigenvalue weighted by Crippen LogP contribution is -2.26. The second-order valence-corrected chi connectivity index (χ2v) is 5.39. The summed E-state index contributed by atoms with van der Waals surface area (Å²) in [6.45, 7) is 0.779. The Morgan fingerprint density at radius 3 is 2.47 bits per heavy atom. The van der Waals surface area contributed by atoms with Gasteiger partial charge in [0.1, 0.15) is 0 Å². The van der Waals surface area contributed by atoms with E-state index in [0.29, 0.717) is 0 Å². The lowest BCUT2D eigenvalue weighted by molar-refractivity contribution is -0.122. The molecule has 0 saturated carbocycles. The van der Waals surface area contributed by atoms with Crippen molar-refractivity contribution >= 4 is 39.3 Å². The normalized spacial score (nSPS) is 10.6. The molecular formula is C9H15NO7S2. The molecule has 0 aliphatic heterocycles. The number of nitrogens with one attached hydrogen (secondary N) is 1. The van der Waals surface area contributed by atoms with Gasteiger partial charge in [0.15, 0.2) is 19.1 Å². The second-order valence-electron chi connectivity index (χ2n) is 3.49. The third-order valence-electron chi connectivity index (χ3n) is 1.72. The van der Waals surface area contributed by atoms with Crippen molar-refractivity contribution in [2.45, 2.75) is 19.8 Å². The van der Waals surface area contributed by atoms with Crippen molar-refractivity contribution in [2.75, 3.05) is 19.1 Å². The van der Waals surface area contributed by atoms with Gasteiger partial charge in [0.25, 0.3) is 10.1 Å². The zero-order valence-electron chi connectivity index (χ0n) is 10.2. The second kappa shape index (κ2) is 8.77. The predicted molar refractivity (Wildman–Crippen MR) is 69.0 cm³/mol. The third kappa shape index (κ3) is 13.0. The van der Waals surface area contributed by atoms with Crippen LogP contribution in [0.4, 0.5) is 0 Å². The molecule has 0 saturated heterocycles. The topological polar surface area (TPSA) is 119 Å². The van der Waals surface area contributed by atoms with Crippen molar-refractivity contribution in [1.29, 1.82) is 0 Å². The number of carbonyl (C=O) groups is 2. The van der Waals surface area contributed by atoms with Crippen LogP contribution in [-0.4, -0.2) is 49.0 Å². The predicted octanol–water partition coefficient (Wildman–Crippen LogP) is -0.365. The van der Waals surface area contributed by atoms with Gasteiger partial charge in [0, 0.05) is 25.6 Å². The van der Waals surface area contributed by atoms with Crippen molar-refractivity contribution in [3.05, 3.63) is 0 Å². The molecule has 0 spiro atoms. The van der Waals surface area contributed by atoms with Gasteiger partial charge in [-0.15, -0.1) is 0 Å². The van der Waals surface area contributed by atoms with Crippen LogP contribution < -0.4 is 5.32 Å². The number of Topliss-reactive ketones (excluding diaryl/α,β-unsaturated/α-hetero) is 1. The molecule has 8 nitrogen and oxygen atoms in total. The van der Waals surface area contributed by atoms with E-state index in [1.165, 1.54) is 6.92 Å². The lowest BCUT2D eigenvalue weighted by atomic mass is 10.2. The van der Waals surface area contributed by atoms with Gasteiger partial charge in [-0.05, 0) is 6.42 Å². The molecule has 0 atom stereocenters. The molecule has 0 aromatic carbocycles. The Kier molecular flexibility index (Phi) is 8.19. The molecular weight excluding hydrogens is 298 g/mol. The highest BCUT2D eigenvalue weighted by Crippen LogP contribution is 1.97. The van der Waals surface area contributed by atoms with Gasteiger partial charge in [-0.25, -0.2) is 0 Å². The average Bonchev–Trinajstić information content (AvgIpc) is 2.24. The first-order valence-electron chi connectivity index (χ1n) is 5.21. The van der Waals surface area contributed by atoms with Crippen LogP contribution in [-0.2, 0) is 29.2 Å². The van der Waals surface area contributed by atoms with Crippen molar-refractivity contribution in [3.63, 3.8) is 0 Å². The van der Waals surface area contributed by atoms with Crippen LogP contribution in [0.5, 0.6) is 0 Å². The highest BCUT2D eigenvalue weighted by molar-refractivity contribution is 7.85. The monoisotopic (exact) mass is 313 g/mol. The number of rotatable bonds is 8. The van der Waals surface area contributed by atoms with Gasteiger partial charge >= 0.3 is 5.24 Å². The molecule has 1 amide bonds. The maximum atomic E-state index is 11.2. The Labute approximate surface area is 116 Å². The highest BCUT2D eigenvalue weighted by Gasteiger charge is 2.09. The van der Waals surface area contributed by atoms with Crippen LogP contribution in [0, 0.1) is 0 Å². The van der Waals surface area contributed by atoms with Crippen LogP contribution >= 0.6 is 12.2 Å². The summed E-state index contributed by atoms with van der Waals surface area (Å²) in [5.41, 5.74) is 0. The number of ketones is 1. The number of ether oxygens (including phenoxy) is 2. The van der Waals surface area contributed by atoms with E-state index in [9.17, 15) is 18.0 Å². The van der Waals surface area contributed by atoms with Crippen LogP contribution in [0.2, 0.25) is 0 Å². The maximum absolute atomic E-state index is 11.2. The summed E-state index contributed by atoms with van der Waals surface area (Å²) in [4.78, 5) is 21.7. The smallest absolute Gasteiger partial charge is 0.354 e. The van der Waals surface area contributed by atoms with Gasteiger partial charge in [-0.3, -0.25) is 14.1 Å². The number of carbonyl (C=O) groups excluding carboxylic acids is 2. The Hall–Kier alpha value is -1.26. The number of thiocarbonyl (C=S) groups is 1. The fourth-order valence-electron chi connectivity index (χ4n) is 0.902. The largest absolute Gasteiger partial charge is 0.449 e. The average molecular weight is 313 g/mol. The molecule has 0 aromatic heterocycles. The Morgan fingerprint density at radius 2 is 1.95 bits per heavy atom. The maximum Gasteiger partial charge on any atom is 0.354 e. The first-order valence-corrected chi connectivity index (χ1v) is 7.23. The highest BCUT2D eigenvalue weighted by atomic mass is 32.2. The van der Waals surface area contributed by atoms with E-state index in [0.717, 1.165) is 0 Å². The summed E-state index contributed by atoms with van der Waals surface area (Å²) in [6.07, 6.45) is -0.0609. The van der Waals surface area contributed by atoms with Gasteiger partial charge in [-0.1, -0.05) is 0 Å². The van der Waals surface area contributed by atoms with Crippen LogP contribution in [0.3, 0.4) is 0 Å². The molecule has 0 fully saturated rings. The van der Waals surface area contributed by atoms with Crippen LogP contribution in [0.15, 0.2) is 0 Å². The van der Waals surface area contributed by atoms with Gasteiger partial charge in [-0.2, -0.15) is 8.42 Å². The molecule has 10 heteroatoms. The summed E-state index contributed by atoms with van der Waals surface area (Å²) >= 11 is 4.61. The van der Waals surface area contributed by atoms with Crippen molar-refractivity contribution in [3.8, 4) is 0 Å². The minimum absolute atomic E-state index is 0.000534. The van der Waals surface area contributed by atoms with E-state index in [1.807, 2.05) is 0 Å². The summed E-state index contributed by atoms with van der Waals surface area (Å²) in [5, 5.41) is 2.01. The van der Waals surface area contributed by atoms with Gasteiger partial charge < -0.3 is 14.8 Å². The summed E-state index contributed by atoms with van der Waals surface area (Å²) in [6, 6.07) is 0. The van der Waals surface area contributed by atoms with Crippen LogP contribution in [0.1, 0.15) is 19.8 Å². The zero-order valence-corrected chi connectivity index (χ0v) is 11.9. The van der Waals surface area contributed by atoms with Crippen molar-refractivity contribution < 1.29 is 32.0 Å². The molecule has 0 unspecified atom stereocenters. The molecule has 0 aromatic rings. The SMILES string of the molecule is CC(=O)NCOC(=S)OCC(=O)CCCS(=O)(=O)O. The summed E-state index contributed by atoms with van der Waals surface area (Å²) in [5.74, 6) is -1.17. The molecule has 0 aliphatic rings. The lowest BCUT2D eigenvalue weighted by Gasteiger charge is -2.08. The van der Waals surface area contributed by atoms with E-state index >= 15 is 0 Å². The molecule has 0 rings (SSSR count). The summed E-state index contributed by atoms with van der Waals surface area (Å²) < 4.78 is 38.7. The fourth-order valence-corrected chi connectivity index (χ4v) is 1.53. The number of amides is 1. The zero-order chi connectivity index (χ0) is 14.9.